The Morgan fingerprint density at radius 1 is 1.00 bits per heavy atom. The summed E-state index contributed by atoms with van der Waals surface area (Å²) in [6.45, 7) is 5.96. The molecule has 29 heavy (non-hydrogen) atoms. The molecule has 1 aliphatic rings. The predicted molar refractivity (Wildman–Crippen MR) is 109 cm³/mol. The van der Waals surface area contributed by atoms with Crippen LogP contribution in [-0.4, -0.2) is 24.6 Å². The number of carbonyl (C=O) groups is 2. The van der Waals surface area contributed by atoms with Gasteiger partial charge in [0, 0.05) is 0 Å². The molecule has 3 rings (SSSR count). The first kappa shape index (κ1) is 20.9. The van der Waals surface area contributed by atoms with Gasteiger partial charge in [-0.05, 0) is 56.9 Å². The van der Waals surface area contributed by atoms with Gasteiger partial charge in [0.05, 0.1) is 18.4 Å². The van der Waals surface area contributed by atoms with E-state index in [1.807, 2.05) is 75.4 Å². The Morgan fingerprint density at radius 3 is 2.24 bits per heavy atom. The fourth-order valence-corrected chi connectivity index (χ4v) is 3.49. The second kappa shape index (κ2) is 8.27. The Bertz CT molecular complexity index is 851. The van der Waals surface area contributed by atoms with Crippen molar-refractivity contribution in [3.63, 3.8) is 0 Å². The van der Waals surface area contributed by atoms with Gasteiger partial charge in [-0.15, -0.1) is 0 Å². The number of benzene rings is 2. The zero-order chi connectivity index (χ0) is 21.1. The van der Waals surface area contributed by atoms with Crippen LogP contribution in [0, 0.1) is 11.3 Å². The van der Waals surface area contributed by atoms with Crippen LogP contribution >= 0.6 is 0 Å². The molecule has 0 unspecified atom stereocenters. The third-order valence-electron chi connectivity index (χ3n) is 5.05. The third kappa shape index (κ3) is 5.17. The number of esters is 2. The molecule has 0 saturated heterocycles. The van der Waals surface area contributed by atoms with E-state index in [9.17, 15) is 9.59 Å². The van der Waals surface area contributed by atoms with Crippen molar-refractivity contribution in [2.24, 2.45) is 11.3 Å². The first-order valence-corrected chi connectivity index (χ1v) is 9.80. The normalized spacial score (nSPS) is 20.6. The van der Waals surface area contributed by atoms with Gasteiger partial charge in [0.25, 0.3) is 0 Å². The van der Waals surface area contributed by atoms with E-state index in [1.54, 1.807) is 0 Å². The van der Waals surface area contributed by atoms with E-state index in [1.165, 1.54) is 7.11 Å². The smallest absolute Gasteiger partial charge is 0.313 e. The molecule has 0 N–H and O–H groups in total. The van der Waals surface area contributed by atoms with Crippen molar-refractivity contribution in [3.8, 4) is 5.75 Å². The minimum atomic E-state index is -0.844. The highest BCUT2D eigenvalue weighted by Crippen LogP contribution is 2.56. The average molecular weight is 396 g/mol. The second-order valence-electron chi connectivity index (χ2n) is 8.53. The quantitative estimate of drug-likeness (QED) is 0.652. The molecular formula is C24H28O5. The van der Waals surface area contributed by atoms with E-state index in [0.29, 0.717) is 19.4 Å². The molecule has 1 aliphatic carbocycles. The van der Waals surface area contributed by atoms with Crippen LogP contribution in [0.4, 0.5) is 0 Å². The molecule has 0 bridgehead atoms. The summed E-state index contributed by atoms with van der Waals surface area (Å²) in [7, 11) is 1.36. The minimum absolute atomic E-state index is 0.342. The van der Waals surface area contributed by atoms with Crippen molar-refractivity contribution in [2.75, 3.05) is 7.11 Å². The first-order valence-electron chi connectivity index (χ1n) is 9.80. The standard InChI is InChI=1S/C24H28O5/c1-23(2,3)29-21(25)20-15-24(20,22(26)27-4)14-17-10-12-19(13-11-17)28-16-18-8-6-5-7-9-18/h5-13,20H,14-16H2,1-4H3/t20-,24+/m0/s1. The van der Waals surface area contributed by atoms with Crippen molar-refractivity contribution >= 4 is 11.9 Å². The van der Waals surface area contributed by atoms with E-state index in [-0.39, 0.29) is 11.9 Å². The van der Waals surface area contributed by atoms with Crippen LogP contribution < -0.4 is 4.74 Å². The molecular weight excluding hydrogens is 368 g/mol. The van der Waals surface area contributed by atoms with Crippen LogP contribution in [0.1, 0.15) is 38.3 Å². The maximum Gasteiger partial charge on any atom is 0.313 e. The fourth-order valence-electron chi connectivity index (χ4n) is 3.49. The van der Waals surface area contributed by atoms with Crippen molar-refractivity contribution < 1.29 is 23.8 Å². The zero-order valence-electron chi connectivity index (χ0n) is 17.4. The van der Waals surface area contributed by atoms with Gasteiger partial charge >= 0.3 is 11.9 Å². The fraction of sp³-hybridized carbons (Fsp3) is 0.417. The molecule has 0 aromatic heterocycles. The Hall–Kier alpha value is -2.82. The Kier molecular flexibility index (Phi) is 5.96. The molecule has 1 fully saturated rings. The lowest BCUT2D eigenvalue weighted by Gasteiger charge is -2.21. The van der Waals surface area contributed by atoms with Crippen molar-refractivity contribution in [2.45, 2.75) is 45.8 Å². The van der Waals surface area contributed by atoms with Gasteiger partial charge in [0.2, 0.25) is 0 Å². The zero-order valence-corrected chi connectivity index (χ0v) is 17.4. The Balaban J connectivity index is 1.65. The minimum Gasteiger partial charge on any atom is -0.489 e. The van der Waals surface area contributed by atoms with E-state index in [2.05, 4.69) is 0 Å². The number of hydrogen-bond acceptors (Lipinski definition) is 5. The highest BCUT2D eigenvalue weighted by Gasteiger charge is 2.65. The molecule has 2 aromatic rings. The van der Waals surface area contributed by atoms with Crippen LogP contribution in [0.2, 0.25) is 0 Å². The summed E-state index contributed by atoms with van der Waals surface area (Å²) in [4.78, 5) is 24.9. The number of rotatable bonds is 7. The van der Waals surface area contributed by atoms with E-state index < -0.39 is 16.9 Å². The summed E-state index contributed by atoms with van der Waals surface area (Å²) in [5, 5.41) is 0. The van der Waals surface area contributed by atoms with Crippen molar-refractivity contribution in [1.82, 2.24) is 0 Å². The number of methoxy groups -OCH3 is 1. The number of ether oxygens (including phenoxy) is 3. The summed E-state index contributed by atoms with van der Waals surface area (Å²) in [6.07, 6.45) is 0.878. The van der Waals surface area contributed by atoms with Crippen LogP contribution in [0.25, 0.3) is 0 Å². The van der Waals surface area contributed by atoms with Crippen molar-refractivity contribution in [3.05, 3.63) is 65.7 Å². The van der Waals surface area contributed by atoms with Gasteiger partial charge in [0.15, 0.2) is 0 Å². The van der Waals surface area contributed by atoms with Gasteiger partial charge in [0.1, 0.15) is 18.0 Å². The van der Waals surface area contributed by atoms with Gasteiger partial charge in [-0.3, -0.25) is 9.59 Å². The molecule has 0 aliphatic heterocycles. The van der Waals surface area contributed by atoms with Crippen LogP contribution in [0.15, 0.2) is 54.6 Å². The molecule has 1 saturated carbocycles. The Morgan fingerprint density at radius 2 is 1.66 bits per heavy atom. The highest BCUT2D eigenvalue weighted by molar-refractivity contribution is 5.91. The molecule has 0 amide bonds. The largest absolute Gasteiger partial charge is 0.489 e. The average Bonchev–Trinajstić information content (AvgIpc) is 3.42. The summed E-state index contributed by atoms with van der Waals surface area (Å²) >= 11 is 0. The number of carbonyl (C=O) groups excluding carboxylic acids is 2. The molecule has 154 valence electrons. The molecule has 0 spiro atoms. The summed E-state index contributed by atoms with van der Waals surface area (Å²) < 4.78 is 16.3. The highest BCUT2D eigenvalue weighted by atomic mass is 16.6. The second-order valence-corrected chi connectivity index (χ2v) is 8.53. The molecule has 5 heteroatoms. The van der Waals surface area contributed by atoms with Crippen molar-refractivity contribution in [1.29, 1.82) is 0 Å². The van der Waals surface area contributed by atoms with E-state index >= 15 is 0 Å². The molecule has 0 radical (unpaired) electrons. The molecule has 2 aromatic carbocycles. The maximum absolute atomic E-state index is 12.5. The monoisotopic (exact) mass is 396 g/mol. The lowest BCUT2D eigenvalue weighted by molar-refractivity contribution is -0.161. The van der Waals surface area contributed by atoms with E-state index in [0.717, 1.165) is 16.9 Å². The van der Waals surface area contributed by atoms with E-state index in [4.69, 9.17) is 14.2 Å². The first-order chi connectivity index (χ1) is 13.7. The Labute approximate surface area is 172 Å². The van der Waals surface area contributed by atoms with Gasteiger partial charge in [-0.2, -0.15) is 0 Å². The lowest BCUT2D eigenvalue weighted by Crippen LogP contribution is -2.30. The van der Waals surface area contributed by atoms with Crippen LogP contribution in [0.5, 0.6) is 5.75 Å². The summed E-state index contributed by atoms with van der Waals surface area (Å²) in [5.41, 5.74) is 0.621. The summed E-state index contributed by atoms with van der Waals surface area (Å²) in [6, 6.07) is 17.6. The summed E-state index contributed by atoms with van der Waals surface area (Å²) in [5.74, 6) is -0.420. The molecule has 5 nitrogen and oxygen atoms in total. The molecule has 2 atom stereocenters. The van der Waals surface area contributed by atoms with Gasteiger partial charge in [-0.25, -0.2) is 0 Å². The topological polar surface area (TPSA) is 61.8 Å². The number of hydrogen-bond donors (Lipinski definition) is 0. The predicted octanol–water partition coefficient (Wildman–Crippen LogP) is 4.33. The SMILES string of the molecule is COC(=O)[C@]1(Cc2ccc(OCc3ccccc3)cc2)C[C@H]1C(=O)OC(C)(C)C. The third-order valence-corrected chi connectivity index (χ3v) is 5.05. The van der Waals surface area contributed by atoms with Gasteiger partial charge < -0.3 is 14.2 Å². The van der Waals surface area contributed by atoms with Gasteiger partial charge in [-0.1, -0.05) is 42.5 Å². The van der Waals surface area contributed by atoms with Crippen LogP contribution in [0.3, 0.4) is 0 Å². The molecule has 0 heterocycles. The van der Waals surface area contributed by atoms with Crippen LogP contribution in [-0.2, 0) is 32.1 Å². The lowest BCUT2D eigenvalue weighted by atomic mass is 9.93. The maximum atomic E-state index is 12.5.